The van der Waals surface area contributed by atoms with Gasteiger partial charge >= 0.3 is 112 Å². The van der Waals surface area contributed by atoms with Crippen LogP contribution in [0.1, 0.15) is 46.0 Å². The molecular weight excluding hydrogens is 315 g/mol. The van der Waals surface area contributed by atoms with Crippen LogP contribution in [0.25, 0.3) is 0 Å². The Balaban J connectivity index is 3.02. The first-order valence-electron chi connectivity index (χ1n) is 5.64. The van der Waals surface area contributed by atoms with Gasteiger partial charge < -0.3 is 0 Å². The minimum atomic E-state index is -0.0373. The van der Waals surface area contributed by atoms with Crippen LogP contribution >= 0.6 is 11.8 Å². The van der Waals surface area contributed by atoms with Gasteiger partial charge in [0.1, 0.15) is 0 Å². The summed E-state index contributed by atoms with van der Waals surface area (Å²) in [6, 6.07) is 0. The Morgan fingerprint density at radius 3 is 2.60 bits per heavy atom. The maximum absolute atomic E-state index is 10.8. The van der Waals surface area contributed by atoms with Crippen molar-refractivity contribution >= 4 is 40.7 Å². The molecule has 4 heteroatoms. The van der Waals surface area contributed by atoms with Crippen LogP contribution < -0.4 is 0 Å². The molecule has 0 fully saturated rings. The summed E-state index contributed by atoms with van der Waals surface area (Å²) in [6.07, 6.45) is 5.89. The van der Waals surface area contributed by atoms with Crippen molar-refractivity contribution in [3.63, 3.8) is 0 Å². The quantitative estimate of drug-likeness (QED) is 0.478. The molecular formula is C11H22O2SSn. The Morgan fingerprint density at radius 2 is 2.00 bits per heavy atom. The van der Waals surface area contributed by atoms with Gasteiger partial charge in [0.15, 0.2) is 0 Å². The number of rotatable bonds is 9. The van der Waals surface area contributed by atoms with Crippen molar-refractivity contribution in [2.24, 2.45) is 5.92 Å². The summed E-state index contributed by atoms with van der Waals surface area (Å²) >= 11 is 2.46. The zero-order chi connectivity index (χ0) is 11.5. The zero-order valence-electron chi connectivity index (χ0n) is 9.83. The molecule has 0 aromatic heterocycles. The predicted molar refractivity (Wildman–Crippen MR) is 68.5 cm³/mol. The van der Waals surface area contributed by atoms with Gasteiger partial charge in [-0.3, -0.25) is 0 Å². The van der Waals surface area contributed by atoms with Gasteiger partial charge in [-0.2, -0.15) is 0 Å². The third-order valence-corrected chi connectivity index (χ3v) is 3.97. The molecule has 0 bridgehead atoms. The second kappa shape index (κ2) is 11.1. The molecule has 0 saturated carbocycles. The molecule has 0 unspecified atom stereocenters. The third kappa shape index (κ3) is 12.6. The van der Waals surface area contributed by atoms with Crippen molar-refractivity contribution in [1.82, 2.24) is 0 Å². The molecule has 0 amide bonds. The van der Waals surface area contributed by atoms with E-state index in [1.54, 1.807) is 0 Å². The molecule has 2 nitrogen and oxygen atoms in total. The van der Waals surface area contributed by atoms with Gasteiger partial charge in [-0.25, -0.2) is 0 Å². The molecule has 0 heterocycles. The van der Waals surface area contributed by atoms with E-state index in [0.717, 1.165) is 11.7 Å². The first-order valence-corrected chi connectivity index (χ1v) is 8.14. The Kier molecular flexibility index (Phi) is 11.6. The standard InChI is InChI=1S/C11H22O2S.Sn.H/c1-10(2)6-4-3-5-8-14-9-7-11(12)13;;/h10H,3-9H2,1-2H3,(H,12,13);;/q;+1;/p-1. The van der Waals surface area contributed by atoms with E-state index in [4.69, 9.17) is 3.07 Å². The summed E-state index contributed by atoms with van der Waals surface area (Å²) in [6.45, 7) is 4.54. The van der Waals surface area contributed by atoms with E-state index in [0.29, 0.717) is 29.4 Å². The summed E-state index contributed by atoms with van der Waals surface area (Å²) in [5, 5.41) is 0. The molecule has 15 heavy (non-hydrogen) atoms. The van der Waals surface area contributed by atoms with Crippen molar-refractivity contribution < 1.29 is 7.87 Å². The molecule has 88 valence electrons. The van der Waals surface area contributed by atoms with Gasteiger partial charge in [-0.1, -0.05) is 0 Å². The first kappa shape index (κ1) is 15.6. The summed E-state index contributed by atoms with van der Waals surface area (Å²) < 4.78 is 4.70. The van der Waals surface area contributed by atoms with Gasteiger partial charge in [-0.05, 0) is 0 Å². The van der Waals surface area contributed by atoms with Crippen LogP contribution in [0.15, 0.2) is 0 Å². The van der Waals surface area contributed by atoms with Gasteiger partial charge in [-0.15, -0.1) is 0 Å². The molecule has 0 aromatic carbocycles. The van der Waals surface area contributed by atoms with Gasteiger partial charge in [0, 0.05) is 0 Å². The average Bonchev–Trinajstić information content (AvgIpc) is 2.21. The molecule has 0 aliphatic carbocycles. The number of hydrogen-bond acceptors (Lipinski definition) is 3. The second-order valence-corrected chi connectivity index (χ2v) is 5.99. The Morgan fingerprint density at radius 1 is 1.27 bits per heavy atom. The summed E-state index contributed by atoms with van der Waals surface area (Å²) in [4.78, 5) is 10.8. The van der Waals surface area contributed by atoms with Crippen LogP contribution in [0.4, 0.5) is 0 Å². The van der Waals surface area contributed by atoms with E-state index < -0.39 is 0 Å². The van der Waals surface area contributed by atoms with Crippen LogP contribution in [-0.4, -0.2) is 40.4 Å². The van der Waals surface area contributed by atoms with E-state index >= 15 is 0 Å². The Bertz CT molecular complexity index is 163. The molecule has 2 radical (unpaired) electrons. The van der Waals surface area contributed by atoms with E-state index in [2.05, 4.69) is 13.8 Å². The number of hydrogen-bond donors (Lipinski definition) is 0. The third-order valence-electron chi connectivity index (χ3n) is 2.15. The Labute approximate surface area is 112 Å². The molecule has 0 atom stereocenters. The monoisotopic (exact) mass is 338 g/mol. The van der Waals surface area contributed by atoms with Crippen LogP contribution in [0.2, 0.25) is 0 Å². The van der Waals surface area contributed by atoms with Crippen molar-refractivity contribution in [1.29, 1.82) is 0 Å². The van der Waals surface area contributed by atoms with Gasteiger partial charge in [0.2, 0.25) is 0 Å². The van der Waals surface area contributed by atoms with Gasteiger partial charge in [0.25, 0.3) is 0 Å². The van der Waals surface area contributed by atoms with Crippen LogP contribution in [0.5, 0.6) is 0 Å². The molecule has 0 N–H and O–H groups in total. The fourth-order valence-corrected chi connectivity index (χ4v) is 2.51. The number of thioether (sulfide) groups is 1. The molecule has 0 saturated heterocycles. The first-order chi connectivity index (χ1) is 7.16. The number of carbonyl (C=O) groups is 1. The van der Waals surface area contributed by atoms with Crippen molar-refractivity contribution in [2.45, 2.75) is 46.0 Å². The SMILES string of the molecule is CC(C)CCCCCSCCC(=O)[O][SnH]. The van der Waals surface area contributed by atoms with Crippen molar-refractivity contribution in [3.8, 4) is 0 Å². The summed E-state index contributed by atoms with van der Waals surface area (Å²) in [5.74, 6) is 2.90. The van der Waals surface area contributed by atoms with Crippen LogP contribution in [0, 0.1) is 5.92 Å². The number of carbonyl (C=O) groups excluding carboxylic acids is 1. The van der Waals surface area contributed by atoms with Gasteiger partial charge in [0.05, 0.1) is 0 Å². The molecule has 0 aliphatic heterocycles. The normalized spacial score (nSPS) is 10.7. The molecule has 0 rings (SSSR count). The van der Waals surface area contributed by atoms with E-state index in [1.807, 2.05) is 11.8 Å². The predicted octanol–water partition coefficient (Wildman–Crippen LogP) is 2.69. The summed E-state index contributed by atoms with van der Waals surface area (Å²) in [7, 11) is 0. The topological polar surface area (TPSA) is 26.3 Å². The summed E-state index contributed by atoms with van der Waals surface area (Å²) in [5.41, 5.74) is 0. The minimum absolute atomic E-state index is 0.0373. The van der Waals surface area contributed by atoms with E-state index in [1.165, 1.54) is 31.4 Å². The fraction of sp³-hybridized carbons (Fsp3) is 0.909. The average molecular weight is 337 g/mol. The van der Waals surface area contributed by atoms with E-state index in [9.17, 15) is 4.79 Å². The van der Waals surface area contributed by atoms with Crippen molar-refractivity contribution in [2.75, 3.05) is 11.5 Å². The molecule has 0 aliphatic rings. The molecule has 0 aromatic rings. The maximum atomic E-state index is 10.8. The number of unbranched alkanes of at least 4 members (excludes halogenated alkanes) is 2. The second-order valence-electron chi connectivity index (χ2n) is 4.10. The van der Waals surface area contributed by atoms with E-state index in [-0.39, 0.29) is 5.97 Å². The molecule has 0 spiro atoms. The zero-order valence-corrected chi connectivity index (χ0v) is 13.9. The van der Waals surface area contributed by atoms with Crippen molar-refractivity contribution in [3.05, 3.63) is 0 Å². The van der Waals surface area contributed by atoms with Crippen LogP contribution in [-0.2, 0) is 7.87 Å². The fourth-order valence-electron chi connectivity index (χ4n) is 1.25. The van der Waals surface area contributed by atoms with Crippen LogP contribution in [0.3, 0.4) is 0 Å². The Hall–Kier alpha value is 0.619.